The molecule has 0 fully saturated rings. The minimum Gasteiger partial charge on any atom is -0.274 e. The molecule has 3 nitrogen and oxygen atoms in total. The van der Waals surface area contributed by atoms with Gasteiger partial charge in [-0.25, -0.2) is 4.57 Å². The Hall–Kier alpha value is -0.940. The van der Waals surface area contributed by atoms with E-state index in [9.17, 15) is 9.59 Å². The lowest BCUT2D eigenvalue weighted by Gasteiger charge is -1.96. The molecule has 0 spiro atoms. The van der Waals surface area contributed by atoms with Gasteiger partial charge in [-0.15, -0.1) is 0 Å². The molecular weight excluding hydrogens is 266 g/mol. The van der Waals surface area contributed by atoms with E-state index in [4.69, 9.17) is 0 Å². The molecular formula is C9H6BrNO2S. The van der Waals surface area contributed by atoms with Gasteiger partial charge in [0.1, 0.15) is 0 Å². The highest BCUT2D eigenvalue weighted by molar-refractivity contribution is 9.10. The average Bonchev–Trinajstić information content (AvgIpc) is 2.39. The Morgan fingerprint density at radius 2 is 2.21 bits per heavy atom. The van der Waals surface area contributed by atoms with E-state index in [-0.39, 0.29) is 10.8 Å². The largest absolute Gasteiger partial charge is 0.314 e. The van der Waals surface area contributed by atoms with Crippen LogP contribution in [0, 0.1) is 0 Å². The van der Waals surface area contributed by atoms with Gasteiger partial charge in [-0.1, -0.05) is 27.3 Å². The first-order valence-corrected chi connectivity index (χ1v) is 5.52. The third-order valence-electron chi connectivity index (χ3n) is 1.86. The molecule has 5 heteroatoms. The molecule has 1 aromatic heterocycles. The predicted molar refractivity (Wildman–Crippen MR) is 60.1 cm³/mol. The number of benzene rings is 1. The van der Waals surface area contributed by atoms with Gasteiger partial charge in [0.15, 0.2) is 0 Å². The first-order chi connectivity index (χ1) is 6.59. The molecule has 1 aromatic carbocycles. The number of rotatable bonds is 0. The van der Waals surface area contributed by atoms with Crippen LogP contribution in [0.15, 0.2) is 27.5 Å². The van der Waals surface area contributed by atoms with E-state index in [2.05, 4.69) is 15.9 Å². The number of thiazole rings is 1. The van der Waals surface area contributed by atoms with E-state index in [0.717, 1.165) is 20.5 Å². The van der Waals surface area contributed by atoms with Crippen molar-refractivity contribution >= 4 is 43.4 Å². The number of fused-ring (bicyclic) bond motifs is 1. The number of nitrogens with zero attached hydrogens (tertiary/aromatic N) is 1. The Morgan fingerprint density at radius 3 is 2.86 bits per heavy atom. The molecule has 0 aliphatic rings. The second kappa shape index (κ2) is 3.33. The molecule has 2 rings (SSSR count). The van der Waals surface area contributed by atoms with Crippen LogP contribution in [-0.2, 0) is 0 Å². The van der Waals surface area contributed by atoms with Gasteiger partial charge in [0.2, 0.25) is 5.91 Å². The van der Waals surface area contributed by atoms with E-state index >= 15 is 0 Å². The molecule has 0 amide bonds. The monoisotopic (exact) mass is 271 g/mol. The van der Waals surface area contributed by atoms with E-state index < -0.39 is 0 Å². The Balaban J connectivity index is 2.91. The van der Waals surface area contributed by atoms with Crippen molar-refractivity contribution in [3.63, 3.8) is 0 Å². The summed E-state index contributed by atoms with van der Waals surface area (Å²) in [5.41, 5.74) is 0.677. The van der Waals surface area contributed by atoms with E-state index in [1.807, 2.05) is 12.1 Å². The van der Waals surface area contributed by atoms with Gasteiger partial charge in [-0.2, -0.15) is 0 Å². The van der Waals surface area contributed by atoms with Crippen molar-refractivity contribution < 1.29 is 4.79 Å². The lowest BCUT2D eigenvalue weighted by atomic mass is 10.3. The first kappa shape index (κ1) is 9.61. The number of hydrogen-bond acceptors (Lipinski definition) is 3. The Morgan fingerprint density at radius 1 is 1.50 bits per heavy atom. The summed E-state index contributed by atoms with van der Waals surface area (Å²) in [6.45, 7) is 1.38. The summed E-state index contributed by atoms with van der Waals surface area (Å²) >= 11 is 4.39. The van der Waals surface area contributed by atoms with Crippen LogP contribution in [0.5, 0.6) is 0 Å². The highest BCUT2D eigenvalue weighted by Crippen LogP contribution is 2.21. The Labute approximate surface area is 92.1 Å². The number of hydrogen-bond donors (Lipinski definition) is 0. The average molecular weight is 272 g/mol. The quantitative estimate of drug-likeness (QED) is 0.739. The maximum Gasteiger partial charge on any atom is 0.314 e. The van der Waals surface area contributed by atoms with Crippen molar-refractivity contribution in [3.8, 4) is 0 Å². The summed E-state index contributed by atoms with van der Waals surface area (Å²) in [6, 6.07) is 5.41. The van der Waals surface area contributed by atoms with Gasteiger partial charge in [-0.05, 0) is 18.2 Å². The van der Waals surface area contributed by atoms with Gasteiger partial charge in [-0.3, -0.25) is 9.59 Å². The van der Waals surface area contributed by atoms with Crippen molar-refractivity contribution in [2.75, 3.05) is 0 Å². The van der Waals surface area contributed by atoms with Crippen LogP contribution in [0.25, 0.3) is 10.2 Å². The summed E-state index contributed by atoms with van der Waals surface area (Å²) in [4.78, 5) is 22.4. The molecule has 0 unspecified atom stereocenters. The predicted octanol–water partition coefficient (Wildman–Crippen LogP) is 2.49. The fourth-order valence-electron chi connectivity index (χ4n) is 1.29. The number of halogens is 1. The maximum absolute atomic E-state index is 11.4. The summed E-state index contributed by atoms with van der Waals surface area (Å²) < 4.78 is 2.91. The normalized spacial score (nSPS) is 10.7. The highest BCUT2D eigenvalue weighted by atomic mass is 79.9. The van der Waals surface area contributed by atoms with Crippen molar-refractivity contribution in [3.05, 3.63) is 32.3 Å². The molecule has 0 bridgehead atoms. The third-order valence-corrected chi connectivity index (χ3v) is 3.25. The van der Waals surface area contributed by atoms with Crippen LogP contribution in [0.1, 0.15) is 11.7 Å². The van der Waals surface area contributed by atoms with Crippen LogP contribution in [0.4, 0.5) is 0 Å². The molecule has 72 valence electrons. The fraction of sp³-hybridized carbons (Fsp3) is 0.111. The van der Waals surface area contributed by atoms with E-state index in [1.165, 1.54) is 11.5 Å². The molecule has 14 heavy (non-hydrogen) atoms. The van der Waals surface area contributed by atoms with Crippen molar-refractivity contribution in [2.24, 2.45) is 0 Å². The molecule has 0 aliphatic carbocycles. The van der Waals surface area contributed by atoms with E-state index in [1.54, 1.807) is 6.07 Å². The van der Waals surface area contributed by atoms with Crippen LogP contribution in [0.2, 0.25) is 0 Å². The SMILES string of the molecule is CC(=O)n1c(=O)sc2cc(Br)ccc21. The molecule has 2 aromatic rings. The summed E-state index contributed by atoms with van der Waals surface area (Å²) in [6.07, 6.45) is 0. The molecule has 0 saturated carbocycles. The minimum atomic E-state index is -0.247. The second-order valence-corrected chi connectivity index (χ2v) is 4.74. The zero-order chi connectivity index (χ0) is 10.3. The number of aromatic nitrogens is 1. The molecule has 0 aliphatic heterocycles. The summed E-state index contributed by atoms with van der Waals surface area (Å²) in [5.74, 6) is -0.247. The first-order valence-electron chi connectivity index (χ1n) is 3.91. The number of carbonyl (C=O) groups excluding carboxylic acids is 1. The molecule has 0 saturated heterocycles. The number of carbonyl (C=O) groups is 1. The minimum absolute atomic E-state index is 0.231. The third kappa shape index (κ3) is 1.42. The van der Waals surface area contributed by atoms with Gasteiger partial charge in [0.05, 0.1) is 10.2 Å². The van der Waals surface area contributed by atoms with Crippen molar-refractivity contribution in [2.45, 2.75) is 6.92 Å². The maximum atomic E-state index is 11.4. The molecule has 0 N–H and O–H groups in total. The fourth-order valence-corrected chi connectivity index (χ4v) is 2.76. The van der Waals surface area contributed by atoms with Gasteiger partial charge in [0, 0.05) is 11.4 Å². The summed E-state index contributed by atoms with van der Waals surface area (Å²) in [7, 11) is 0. The van der Waals surface area contributed by atoms with Crippen LogP contribution in [0.3, 0.4) is 0 Å². The smallest absolute Gasteiger partial charge is 0.274 e. The van der Waals surface area contributed by atoms with Gasteiger partial charge < -0.3 is 0 Å². The Bertz CT molecular complexity index is 570. The lowest BCUT2D eigenvalue weighted by molar-refractivity contribution is 0.0939. The van der Waals surface area contributed by atoms with Crippen molar-refractivity contribution in [1.29, 1.82) is 0 Å². The topological polar surface area (TPSA) is 39.1 Å². The Kier molecular flexibility index (Phi) is 2.28. The lowest BCUT2D eigenvalue weighted by Crippen LogP contribution is -2.18. The van der Waals surface area contributed by atoms with Crippen LogP contribution >= 0.6 is 27.3 Å². The van der Waals surface area contributed by atoms with Crippen molar-refractivity contribution in [1.82, 2.24) is 4.57 Å². The highest BCUT2D eigenvalue weighted by Gasteiger charge is 2.10. The van der Waals surface area contributed by atoms with E-state index in [0.29, 0.717) is 5.52 Å². The molecule has 0 radical (unpaired) electrons. The molecule has 1 heterocycles. The zero-order valence-electron chi connectivity index (χ0n) is 7.28. The summed E-state index contributed by atoms with van der Waals surface area (Å²) in [5, 5.41) is 0. The van der Waals surface area contributed by atoms with Gasteiger partial charge >= 0.3 is 4.87 Å². The standard InChI is InChI=1S/C9H6BrNO2S/c1-5(12)11-7-3-2-6(10)4-8(7)14-9(11)13/h2-4H,1H3. The van der Waals surface area contributed by atoms with Crippen LogP contribution in [-0.4, -0.2) is 10.5 Å². The zero-order valence-corrected chi connectivity index (χ0v) is 9.68. The second-order valence-electron chi connectivity index (χ2n) is 2.83. The molecule has 0 atom stereocenters. The van der Waals surface area contributed by atoms with Crippen LogP contribution < -0.4 is 4.87 Å². The van der Waals surface area contributed by atoms with Gasteiger partial charge in [0.25, 0.3) is 0 Å².